The summed E-state index contributed by atoms with van der Waals surface area (Å²) in [6.07, 6.45) is 0. The minimum absolute atomic E-state index is 0.0105. The normalized spacial score (nSPS) is 15.7. The number of nitrogens with one attached hydrogen (secondary N) is 3. The molecule has 1 aliphatic rings. The lowest BCUT2D eigenvalue weighted by Gasteiger charge is -2.26. The smallest absolute Gasteiger partial charge is 0.318 e. The number of H-pyrrole nitrogens is 1. The zero-order valence-corrected chi connectivity index (χ0v) is 19.8. The van der Waals surface area contributed by atoms with E-state index in [1.165, 1.54) is 0 Å². The third-order valence-corrected chi connectivity index (χ3v) is 5.69. The summed E-state index contributed by atoms with van der Waals surface area (Å²) in [7, 11) is 3.94. The third-order valence-electron chi connectivity index (χ3n) is 5.69. The van der Waals surface area contributed by atoms with Gasteiger partial charge in [0.15, 0.2) is 5.82 Å². The summed E-state index contributed by atoms with van der Waals surface area (Å²) >= 11 is 0. The molecule has 2 heterocycles. The van der Waals surface area contributed by atoms with Crippen LogP contribution in [0.4, 0.5) is 10.6 Å². The van der Waals surface area contributed by atoms with Crippen LogP contribution in [0.5, 0.6) is 11.5 Å². The van der Waals surface area contributed by atoms with Gasteiger partial charge in [0.1, 0.15) is 11.5 Å². The van der Waals surface area contributed by atoms with E-state index >= 15 is 0 Å². The highest BCUT2D eigenvalue weighted by molar-refractivity contribution is 6.04. The van der Waals surface area contributed by atoms with Crippen molar-refractivity contribution in [1.82, 2.24) is 25.3 Å². The molecule has 9 heteroatoms. The van der Waals surface area contributed by atoms with Crippen LogP contribution >= 0.6 is 0 Å². The number of benzene rings is 2. The van der Waals surface area contributed by atoms with E-state index in [1.54, 1.807) is 29.2 Å². The molecule has 0 aliphatic carbocycles. The van der Waals surface area contributed by atoms with Crippen molar-refractivity contribution >= 4 is 17.8 Å². The van der Waals surface area contributed by atoms with E-state index in [2.05, 4.69) is 20.8 Å². The minimum atomic E-state index is -0.303. The van der Waals surface area contributed by atoms with Crippen molar-refractivity contribution in [3.05, 3.63) is 71.4 Å². The maximum absolute atomic E-state index is 12.9. The molecule has 34 heavy (non-hydrogen) atoms. The number of aromatic nitrogens is 2. The molecule has 2 unspecified atom stereocenters. The van der Waals surface area contributed by atoms with Crippen molar-refractivity contribution in [2.24, 2.45) is 0 Å². The molecule has 0 saturated heterocycles. The number of nitrogens with zero attached hydrogens (tertiary/aromatic N) is 3. The number of ether oxygens (including phenoxy) is 1. The average molecular weight is 463 g/mol. The first-order valence-electron chi connectivity index (χ1n) is 11.2. The number of urea groups is 1. The summed E-state index contributed by atoms with van der Waals surface area (Å²) < 4.78 is 5.83. The van der Waals surface area contributed by atoms with Crippen molar-refractivity contribution < 1.29 is 14.3 Å². The van der Waals surface area contributed by atoms with Gasteiger partial charge < -0.3 is 25.2 Å². The van der Waals surface area contributed by atoms with E-state index in [4.69, 9.17) is 4.74 Å². The second-order valence-electron chi connectivity index (χ2n) is 8.78. The lowest BCUT2D eigenvalue weighted by molar-refractivity contribution is 0.102. The molecule has 4 rings (SSSR count). The van der Waals surface area contributed by atoms with Crippen molar-refractivity contribution in [3.63, 3.8) is 0 Å². The van der Waals surface area contributed by atoms with Crippen LogP contribution in [0.1, 0.15) is 41.5 Å². The van der Waals surface area contributed by atoms with Gasteiger partial charge >= 0.3 is 6.03 Å². The van der Waals surface area contributed by atoms with Crippen LogP contribution in [-0.2, 0) is 6.54 Å². The maximum atomic E-state index is 12.9. The SMILES string of the molecule is CC(CN(C)C)NC(=O)N1Cc2c(NC(=O)c3cccc(Oc4ccccc4)c3)n[nH]c2C1C. The summed E-state index contributed by atoms with van der Waals surface area (Å²) in [5, 5.41) is 13.2. The summed E-state index contributed by atoms with van der Waals surface area (Å²) in [5.74, 6) is 1.38. The summed E-state index contributed by atoms with van der Waals surface area (Å²) in [6.45, 7) is 5.02. The Labute approximate surface area is 199 Å². The van der Waals surface area contributed by atoms with Gasteiger partial charge in [0.05, 0.1) is 18.3 Å². The third kappa shape index (κ3) is 5.20. The van der Waals surface area contributed by atoms with Crippen molar-refractivity contribution in [2.45, 2.75) is 32.5 Å². The number of carbonyl (C=O) groups excluding carboxylic acids is 2. The Balaban J connectivity index is 1.43. The fraction of sp³-hybridized carbons (Fsp3) is 0.320. The van der Waals surface area contributed by atoms with Gasteiger partial charge in [0.2, 0.25) is 0 Å². The number of anilines is 1. The van der Waals surface area contributed by atoms with Gasteiger partial charge in [-0.25, -0.2) is 4.79 Å². The van der Waals surface area contributed by atoms with Gasteiger partial charge in [-0.1, -0.05) is 24.3 Å². The van der Waals surface area contributed by atoms with Crippen LogP contribution in [0.15, 0.2) is 54.6 Å². The molecule has 1 aromatic heterocycles. The Morgan fingerprint density at radius 3 is 2.65 bits per heavy atom. The molecule has 0 fully saturated rings. The number of amides is 3. The molecule has 2 aromatic carbocycles. The van der Waals surface area contributed by atoms with Crippen LogP contribution in [0.2, 0.25) is 0 Å². The topological polar surface area (TPSA) is 103 Å². The largest absolute Gasteiger partial charge is 0.457 e. The fourth-order valence-corrected chi connectivity index (χ4v) is 4.09. The molecule has 2 atom stereocenters. The zero-order chi connectivity index (χ0) is 24.2. The number of fused-ring (bicyclic) bond motifs is 1. The fourth-order valence-electron chi connectivity index (χ4n) is 4.09. The molecule has 9 nitrogen and oxygen atoms in total. The molecule has 3 aromatic rings. The molecule has 0 spiro atoms. The zero-order valence-electron chi connectivity index (χ0n) is 19.8. The lowest BCUT2D eigenvalue weighted by Crippen LogP contribution is -2.46. The highest BCUT2D eigenvalue weighted by atomic mass is 16.5. The number of aromatic amines is 1. The molecule has 0 bridgehead atoms. The van der Waals surface area contributed by atoms with Crippen LogP contribution in [0.3, 0.4) is 0 Å². The Morgan fingerprint density at radius 1 is 1.18 bits per heavy atom. The number of hydrogen-bond acceptors (Lipinski definition) is 5. The van der Waals surface area contributed by atoms with Crippen molar-refractivity contribution in [3.8, 4) is 11.5 Å². The van der Waals surface area contributed by atoms with E-state index in [0.717, 1.165) is 17.8 Å². The number of carbonyl (C=O) groups is 2. The Morgan fingerprint density at radius 2 is 1.91 bits per heavy atom. The van der Waals surface area contributed by atoms with Crippen LogP contribution in [-0.4, -0.2) is 58.6 Å². The van der Waals surface area contributed by atoms with Crippen molar-refractivity contribution in [2.75, 3.05) is 26.0 Å². The lowest BCUT2D eigenvalue weighted by atomic mass is 10.2. The molecule has 3 amide bonds. The van der Waals surface area contributed by atoms with Crippen molar-refractivity contribution in [1.29, 1.82) is 0 Å². The van der Waals surface area contributed by atoms with Crippen LogP contribution in [0, 0.1) is 0 Å². The quantitative estimate of drug-likeness (QED) is 0.493. The standard InChI is InChI=1S/C25H30N6O3/c1-16(14-30(3)4)26-25(33)31-15-21-22(17(31)2)28-29-23(21)27-24(32)18-9-8-12-20(13-18)34-19-10-6-5-7-11-19/h5-13,16-17H,14-15H2,1-4H3,(H,26,33)(H2,27,28,29,32). The summed E-state index contributed by atoms with van der Waals surface area (Å²) in [5.41, 5.74) is 2.09. The average Bonchev–Trinajstić information content (AvgIpc) is 3.34. The van der Waals surface area contributed by atoms with E-state index in [9.17, 15) is 9.59 Å². The molecule has 0 radical (unpaired) electrons. The molecular weight excluding hydrogens is 432 g/mol. The molecule has 178 valence electrons. The predicted octanol–water partition coefficient (Wildman–Crippen LogP) is 3.99. The second-order valence-corrected chi connectivity index (χ2v) is 8.78. The highest BCUT2D eigenvalue weighted by Crippen LogP contribution is 2.36. The number of rotatable bonds is 7. The van der Waals surface area contributed by atoms with Gasteiger partial charge in [-0.15, -0.1) is 0 Å². The first-order chi connectivity index (χ1) is 16.3. The monoisotopic (exact) mass is 462 g/mol. The van der Waals surface area contributed by atoms with E-state index in [1.807, 2.05) is 63.2 Å². The van der Waals surface area contributed by atoms with Crippen LogP contribution < -0.4 is 15.4 Å². The van der Waals surface area contributed by atoms with Gasteiger partial charge in [0, 0.05) is 23.7 Å². The van der Waals surface area contributed by atoms with Crippen LogP contribution in [0.25, 0.3) is 0 Å². The number of hydrogen-bond donors (Lipinski definition) is 3. The predicted molar refractivity (Wildman–Crippen MR) is 130 cm³/mol. The van der Waals surface area contributed by atoms with Gasteiger partial charge in [0.25, 0.3) is 5.91 Å². The minimum Gasteiger partial charge on any atom is -0.457 e. The highest BCUT2D eigenvalue weighted by Gasteiger charge is 2.35. The second kappa shape index (κ2) is 9.96. The maximum Gasteiger partial charge on any atom is 0.318 e. The van der Waals surface area contributed by atoms with E-state index in [0.29, 0.717) is 29.4 Å². The van der Waals surface area contributed by atoms with Gasteiger partial charge in [-0.2, -0.15) is 5.10 Å². The molecular formula is C25H30N6O3. The Hall–Kier alpha value is -3.85. The number of likely N-dealkylation sites (N-methyl/N-ethyl adjacent to an activating group) is 1. The molecule has 3 N–H and O–H groups in total. The summed E-state index contributed by atoms with van der Waals surface area (Å²) in [4.78, 5) is 29.5. The molecule has 1 aliphatic heterocycles. The Kier molecular flexibility index (Phi) is 6.83. The Bertz CT molecular complexity index is 1160. The number of para-hydroxylation sites is 1. The molecule has 0 saturated carbocycles. The van der Waals surface area contributed by atoms with Gasteiger partial charge in [-0.3, -0.25) is 9.89 Å². The first-order valence-corrected chi connectivity index (χ1v) is 11.2. The van der Waals surface area contributed by atoms with E-state index < -0.39 is 0 Å². The van der Waals surface area contributed by atoms with E-state index in [-0.39, 0.29) is 24.0 Å². The first kappa shape index (κ1) is 23.3. The van der Waals surface area contributed by atoms with Gasteiger partial charge in [-0.05, 0) is 58.3 Å². The summed E-state index contributed by atoms with van der Waals surface area (Å²) in [6, 6.07) is 16.0.